The second-order valence-electron chi connectivity index (χ2n) is 5.87. The van der Waals surface area contributed by atoms with E-state index in [0.717, 1.165) is 16.7 Å². The van der Waals surface area contributed by atoms with Crippen molar-refractivity contribution in [3.8, 4) is 5.75 Å². The minimum Gasteiger partial charge on any atom is -0.479 e. The quantitative estimate of drug-likeness (QED) is 0.505. The van der Waals surface area contributed by atoms with E-state index in [1.165, 1.54) is 19.1 Å². The Morgan fingerprint density at radius 2 is 2.04 bits per heavy atom. The first kappa shape index (κ1) is 17.3. The zero-order valence-electron chi connectivity index (χ0n) is 14.0. The van der Waals surface area contributed by atoms with Crippen LogP contribution in [0.2, 0.25) is 0 Å². The summed E-state index contributed by atoms with van der Waals surface area (Å²) < 4.78 is 6.48. The SMILES string of the molecule is Cc1c([N+](=O)[O-])ccc(=O)n1CC(=O)c1ccc2c(c1)NC(=O)C(C)O2. The van der Waals surface area contributed by atoms with Crippen molar-refractivity contribution < 1.29 is 19.2 Å². The van der Waals surface area contributed by atoms with Crippen LogP contribution in [-0.4, -0.2) is 27.3 Å². The molecule has 1 amide bonds. The maximum absolute atomic E-state index is 12.5. The fourth-order valence-electron chi connectivity index (χ4n) is 2.67. The Labute approximate surface area is 147 Å². The van der Waals surface area contributed by atoms with Crippen molar-refractivity contribution in [1.82, 2.24) is 4.57 Å². The first-order valence-corrected chi connectivity index (χ1v) is 7.77. The Morgan fingerprint density at radius 1 is 1.31 bits per heavy atom. The third kappa shape index (κ3) is 3.06. The highest BCUT2D eigenvalue weighted by Crippen LogP contribution is 2.30. The molecule has 0 bridgehead atoms. The van der Waals surface area contributed by atoms with Crippen LogP contribution < -0.4 is 15.6 Å². The molecule has 1 N–H and O–H groups in total. The lowest BCUT2D eigenvalue weighted by Gasteiger charge is -2.23. The summed E-state index contributed by atoms with van der Waals surface area (Å²) in [6.07, 6.45) is -0.629. The number of rotatable bonds is 4. The number of carbonyl (C=O) groups excluding carboxylic acids is 2. The molecule has 0 radical (unpaired) electrons. The molecule has 134 valence electrons. The number of benzene rings is 1. The van der Waals surface area contributed by atoms with E-state index in [4.69, 9.17) is 4.74 Å². The maximum atomic E-state index is 12.5. The van der Waals surface area contributed by atoms with Gasteiger partial charge in [-0.05, 0) is 32.0 Å². The minimum absolute atomic E-state index is 0.0965. The van der Waals surface area contributed by atoms with Crippen LogP contribution in [0.1, 0.15) is 23.0 Å². The second-order valence-corrected chi connectivity index (χ2v) is 5.87. The highest BCUT2D eigenvalue weighted by Gasteiger charge is 2.24. The van der Waals surface area contributed by atoms with Crippen molar-refractivity contribution in [3.63, 3.8) is 0 Å². The molecular formula is C17H15N3O6. The molecule has 0 spiro atoms. The van der Waals surface area contributed by atoms with Gasteiger partial charge in [0.1, 0.15) is 5.75 Å². The molecule has 3 rings (SSSR count). The molecule has 1 aliphatic rings. The van der Waals surface area contributed by atoms with Crippen molar-refractivity contribution in [2.24, 2.45) is 0 Å². The summed E-state index contributed by atoms with van der Waals surface area (Å²) in [5.41, 5.74) is -0.0382. The molecule has 1 atom stereocenters. The first-order valence-electron chi connectivity index (χ1n) is 7.77. The number of carbonyl (C=O) groups is 2. The average Bonchev–Trinajstić information content (AvgIpc) is 2.58. The molecule has 1 aromatic heterocycles. The fourth-order valence-corrected chi connectivity index (χ4v) is 2.67. The lowest BCUT2D eigenvalue weighted by Crippen LogP contribution is -2.34. The van der Waals surface area contributed by atoms with Crippen LogP contribution >= 0.6 is 0 Å². The molecule has 0 aliphatic carbocycles. The number of ether oxygens (including phenoxy) is 1. The minimum atomic E-state index is -0.629. The van der Waals surface area contributed by atoms with Gasteiger partial charge < -0.3 is 10.1 Å². The molecule has 1 unspecified atom stereocenters. The van der Waals surface area contributed by atoms with E-state index in [9.17, 15) is 24.5 Å². The van der Waals surface area contributed by atoms with Crippen LogP contribution in [0.25, 0.3) is 0 Å². The van der Waals surface area contributed by atoms with E-state index in [-0.39, 0.29) is 29.4 Å². The molecule has 0 saturated heterocycles. The Kier molecular flexibility index (Phi) is 4.29. The summed E-state index contributed by atoms with van der Waals surface area (Å²) in [6, 6.07) is 6.70. The smallest absolute Gasteiger partial charge is 0.288 e. The van der Waals surface area contributed by atoms with Crippen LogP contribution in [0, 0.1) is 17.0 Å². The average molecular weight is 357 g/mol. The number of hydrogen-bond acceptors (Lipinski definition) is 6. The van der Waals surface area contributed by atoms with E-state index < -0.39 is 22.4 Å². The summed E-state index contributed by atoms with van der Waals surface area (Å²) in [6.45, 7) is 2.67. The van der Waals surface area contributed by atoms with Crippen molar-refractivity contribution in [2.75, 3.05) is 5.32 Å². The summed E-state index contributed by atoms with van der Waals surface area (Å²) >= 11 is 0. The van der Waals surface area contributed by atoms with E-state index in [1.807, 2.05) is 0 Å². The van der Waals surface area contributed by atoms with Gasteiger partial charge in [0, 0.05) is 17.7 Å². The van der Waals surface area contributed by atoms with Crippen LogP contribution in [0.15, 0.2) is 35.1 Å². The molecule has 9 heteroatoms. The molecule has 1 aliphatic heterocycles. The Bertz CT molecular complexity index is 994. The molecule has 0 fully saturated rings. The van der Waals surface area contributed by atoms with Crippen molar-refractivity contribution >= 4 is 23.1 Å². The number of aromatic nitrogens is 1. The summed E-state index contributed by atoms with van der Waals surface area (Å²) in [5, 5.41) is 13.7. The highest BCUT2D eigenvalue weighted by atomic mass is 16.6. The Balaban J connectivity index is 1.92. The first-order chi connectivity index (χ1) is 12.3. The van der Waals surface area contributed by atoms with Gasteiger partial charge in [-0.2, -0.15) is 0 Å². The summed E-state index contributed by atoms with van der Waals surface area (Å²) in [7, 11) is 0. The molecule has 1 aromatic carbocycles. The Morgan fingerprint density at radius 3 is 2.73 bits per heavy atom. The van der Waals surface area contributed by atoms with Gasteiger partial charge in [-0.25, -0.2) is 0 Å². The molecule has 2 heterocycles. The number of Topliss-reactive ketones (excluding diaryl/α,β-unsaturated/α-hetero) is 1. The lowest BCUT2D eigenvalue weighted by atomic mass is 10.1. The second kappa shape index (κ2) is 6.43. The number of nitrogens with zero attached hydrogens (tertiary/aromatic N) is 2. The maximum Gasteiger partial charge on any atom is 0.288 e. The number of amides is 1. The molecule has 9 nitrogen and oxygen atoms in total. The standard InChI is InChI=1S/C17H15N3O6/c1-9-13(20(24)25)4-6-16(22)19(9)8-14(21)11-3-5-15-12(7-11)18-17(23)10(2)26-15/h3-7,10H,8H2,1-2H3,(H,18,23). The van der Waals surface area contributed by atoms with Gasteiger partial charge in [-0.1, -0.05) is 0 Å². The molecular weight excluding hydrogens is 342 g/mol. The van der Waals surface area contributed by atoms with Crippen LogP contribution in [0.4, 0.5) is 11.4 Å². The number of pyridine rings is 1. The predicted octanol–water partition coefficient (Wildman–Crippen LogP) is 1.67. The van der Waals surface area contributed by atoms with E-state index in [0.29, 0.717) is 11.4 Å². The lowest BCUT2D eigenvalue weighted by molar-refractivity contribution is -0.386. The normalized spacial score (nSPS) is 15.6. The van der Waals surface area contributed by atoms with Crippen LogP contribution in [0.3, 0.4) is 0 Å². The zero-order chi connectivity index (χ0) is 19.0. The van der Waals surface area contributed by atoms with E-state index in [1.54, 1.807) is 13.0 Å². The largest absolute Gasteiger partial charge is 0.479 e. The van der Waals surface area contributed by atoms with Gasteiger partial charge >= 0.3 is 0 Å². The van der Waals surface area contributed by atoms with Crippen LogP contribution in [0.5, 0.6) is 5.75 Å². The van der Waals surface area contributed by atoms with Gasteiger partial charge in [0.25, 0.3) is 17.2 Å². The molecule has 26 heavy (non-hydrogen) atoms. The van der Waals surface area contributed by atoms with Gasteiger partial charge in [0.05, 0.1) is 22.8 Å². The number of anilines is 1. The number of ketones is 1. The Hall–Kier alpha value is -3.49. The fraction of sp³-hybridized carbons (Fsp3) is 0.235. The van der Waals surface area contributed by atoms with Gasteiger partial charge in [-0.3, -0.25) is 29.1 Å². The molecule has 2 aromatic rings. The number of nitro groups is 1. The topological polar surface area (TPSA) is 121 Å². The monoisotopic (exact) mass is 357 g/mol. The summed E-state index contributed by atoms with van der Waals surface area (Å²) in [4.78, 5) is 46.6. The van der Waals surface area contributed by atoms with Gasteiger partial charge in [-0.15, -0.1) is 0 Å². The van der Waals surface area contributed by atoms with Crippen molar-refractivity contribution in [1.29, 1.82) is 0 Å². The third-order valence-electron chi connectivity index (χ3n) is 4.16. The van der Waals surface area contributed by atoms with Crippen molar-refractivity contribution in [3.05, 3.63) is 62.1 Å². The third-order valence-corrected chi connectivity index (χ3v) is 4.16. The predicted molar refractivity (Wildman–Crippen MR) is 91.6 cm³/mol. The zero-order valence-corrected chi connectivity index (χ0v) is 14.0. The summed E-state index contributed by atoms with van der Waals surface area (Å²) in [5.74, 6) is -0.309. The van der Waals surface area contributed by atoms with E-state index in [2.05, 4.69) is 5.32 Å². The van der Waals surface area contributed by atoms with Crippen LogP contribution in [-0.2, 0) is 11.3 Å². The van der Waals surface area contributed by atoms with Gasteiger partial charge in [0.2, 0.25) is 0 Å². The highest BCUT2D eigenvalue weighted by molar-refractivity contribution is 6.01. The van der Waals surface area contributed by atoms with Crippen molar-refractivity contribution in [2.45, 2.75) is 26.5 Å². The number of fused-ring (bicyclic) bond motifs is 1. The number of hydrogen-bond donors (Lipinski definition) is 1. The van der Waals surface area contributed by atoms with Gasteiger partial charge in [0.15, 0.2) is 11.9 Å². The molecule has 0 saturated carbocycles. The van der Waals surface area contributed by atoms with E-state index >= 15 is 0 Å². The number of nitrogens with one attached hydrogen (secondary N) is 1.